The van der Waals surface area contributed by atoms with Crippen molar-refractivity contribution >= 4 is 45.6 Å². The van der Waals surface area contributed by atoms with E-state index >= 15 is 0 Å². The first kappa shape index (κ1) is 14.2. The number of nitrogens with zero attached hydrogens (tertiary/aromatic N) is 3. The largest absolute Gasteiger partial charge is 0.324 e. The zero-order chi connectivity index (χ0) is 13.8. The van der Waals surface area contributed by atoms with E-state index in [1.54, 1.807) is 24.5 Å². The number of halogens is 2. The van der Waals surface area contributed by atoms with Gasteiger partial charge in [0.1, 0.15) is 6.33 Å². The Bertz CT molecular complexity index is 623. The number of anilines is 2. The molecule has 0 amide bonds. The van der Waals surface area contributed by atoms with Gasteiger partial charge in [0.25, 0.3) is 0 Å². The molecule has 5 nitrogen and oxygen atoms in total. The molecule has 1 aromatic carbocycles. The zero-order valence-corrected chi connectivity index (χ0v) is 12.3. The van der Waals surface area contributed by atoms with Gasteiger partial charge in [-0.3, -0.25) is 4.21 Å². The molecule has 2 rings (SSSR count). The molecule has 0 radical (unpaired) electrons. The molecule has 2 aromatic rings. The van der Waals surface area contributed by atoms with Crippen molar-refractivity contribution in [2.45, 2.75) is 5.75 Å². The summed E-state index contributed by atoms with van der Waals surface area (Å²) in [6.45, 7) is 0. The Morgan fingerprint density at radius 1 is 1.32 bits per heavy atom. The number of hydrogen-bond acceptors (Lipinski definition) is 5. The van der Waals surface area contributed by atoms with Crippen molar-refractivity contribution in [1.82, 2.24) is 15.0 Å². The van der Waals surface area contributed by atoms with E-state index in [2.05, 4.69) is 20.3 Å². The van der Waals surface area contributed by atoms with Crippen LogP contribution in [0, 0.1) is 0 Å². The lowest BCUT2D eigenvalue weighted by Crippen LogP contribution is -2.00. The second-order valence-corrected chi connectivity index (χ2v) is 5.91. The average Bonchev–Trinajstić information content (AvgIpc) is 2.33. The number of nitrogens with one attached hydrogen (secondary N) is 1. The predicted octanol–water partition coefficient (Wildman–Crippen LogP) is 2.80. The van der Waals surface area contributed by atoms with E-state index in [0.717, 1.165) is 11.3 Å². The van der Waals surface area contributed by atoms with Gasteiger partial charge in [0.2, 0.25) is 11.2 Å². The number of benzene rings is 1. The molecule has 8 heteroatoms. The molecule has 1 atom stereocenters. The van der Waals surface area contributed by atoms with Crippen LogP contribution in [0.5, 0.6) is 0 Å². The molecule has 0 aliphatic heterocycles. The Morgan fingerprint density at radius 2 is 2.11 bits per heavy atom. The van der Waals surface area contributed by atoms with Gasteiger partial charge in [0.05, 0.1) is 0 Å². The summed E-state index contributed by atoms with van der Waals surface area (Å²) in [4.78, 5) is 11.6. The average molecular weight is 317 g/mol. The van der Waals surface area contributed by atoms with E-state index < -0.39 is 10.8 Å². The van der Waals surface area contributed by atoms with Crippen molar-refractivity contribution in [3.05, 3.63) is 40.4 Å². The maximum atomic E-state index is 11.3. The van der Waals surface area contributed by atoms with Crippen LogP contribution in [0.1, 0.15) is 5.56 Å². The lowest BCUT2D eigenvalue weighted by atomic mass is 10.2. The standard InChI is InChI=1S/C11H10Cl2N4OS/c1-19(18)5-7-4-8(2-3-9(7)12)16-11-15-6-14-10(13)17-11/h2-4,6H,5H2,1H3,(H,14,15,16,17)/t19-/m1/s1. The summed E-state index contributed by atoms with van der Waals surface area (Å²) in [6.07, 6.45) is 2.94. The van der Waals surface area contributed by atoms with Crippen molar-refractivity contribution in [3.63, 3.8) is 0 Å². The Balaban J connectivity index is 2.23. The molecule has 19 heavy (non-hydrogen) atoms. The fourth-order valence-corrected chi connectivity index (χ4v) is 2.51. The van der Waals surface area contributed by atoms with Gasteiger partial charge in [0, 0.05) is 33.5 Å². The van der Waals surface area contributed by atoms with Crippen LogP contribution in [0.3, 0.4) is 0 Å². The minimum atomic E-state index is -0.960. The van der Waals surface area contributed by atoms with Crippen LogP contribution in [-0.4, -0.2) is 25.4 Å². The van der Waals surface area contributed by atoms with Gasteiger partial charge in [-0.05, 0) is 35.4 Å². The van der Waals surface area contributed by atoms with Gasteiger partial charge in [0.15, 0.2) is 0 Å². The molecule has 0 aliphatic carbocycles. The summed E-state index contributed by atoms with van der Waals surface area (Å²) in [5.74, 6) is 0.734. The lowest BCUT2D eigenvalue weighted by molar-refractivity contribution is 0.686. The first-order valence-electron chi connectivity index (χ1n) is 5.24. The van der Waals surface area contributed by atoms with Crippen LogP contribution >= 0.6 is 23.2 Å². The minimum Gasteiger partial charge on any atom is -0.324 e. The maximum absolute atomic E-state index is 11.3. The van der Waals surface area contributed by atoms with Crippen LogP contribution in [-0.2, 0) is 16.6 Å². The third-order valence-corrected chi connectivity index (χ3v) is 3.47. The highest BCUT2D eigenvalue weighted by Crippen LogP contribution is 2.23. The van der Waals surface area contributed by atoms with Crippen LogP contribution in [0.25, 0.3) is 0 Å². The molecule has 100 valence electrons. The van der Waals surface area contributed by atoms with Gasteiger partial charge in [-0.2, -0.15) is 4.98 Å². The van der Waals surface area contributed by atoms with Crippen LogP contribution in [0.2, 0.25) is 10.3 Å². The SMILES string of the molecule is C[S@@](=O)Cc1cc(Nc2ncnc(Cl)n2)ccc1Cl. The minimum absolute atomic E-state index is 0.112. The first-order chi connectivity index (χ1) is 9.04. The highest BCUT2D eigenvalue weighted by molar-refractivity contribution is 7.83. The molecular formula is C11H10Cl2N4OS. The third-order valence-electron chi connectivity index (χ3n) is 2.20. The molecule has 1 N–H and O–H groups in total. The Hall–Kier alpha value is -1.24. The quantitative estimate of drug-likeness (QED) is 0.939. The summed E-state index contributed by atoms with van der Waals surface area (Å²) in [7, 11) is -0.960. The van der Waals surface area contributed by atoms with Crippen LogP contribution < -0.4 is 5.32 Å². The van der Waals surface area contributed by atoms with Gasteiger partial charge in [-0.25, -0.2) is 9.97 Å². The van der Waals surface area contributed by atoms with E-state index in [4.69, 9.17) is 23.2 Å². The summed E-state index contributed by atoms with van der Waals surface area (Å²) in [6, 6.07) is 5.32. The second kappa shape index (κ2) is 6.27. The molecule has 0 spiro atoms. The van der Waals surface area contributed by atoms with Crippen molar-refractivity contribution in [2.24, 2.45) is 0 Å². The van der Waals surface area contributed by atoms with Crippen molar-refractivity contribution in [3.8, 4) is 0 Å². The summed E-state index contributed by atoms with van der Waals surface area (Å²) < 4.78 is 11.3. The molecule has 0 unspecified atom stereocenters. The molecule has 1 aromatic heterocycles. The zero-order valence-electron chi connectivity index (χ0n) is 9.93. The Kier molecular flexibility index (Phi) is 4.68. The summed E-state index contributed by atoms with van der Waals surface area (Å²) in [5, 5.41) is 3.67. The summed E-state index contributed by atoms with van der Waals surface area (Å²) in [5.41, 5.74) is 1.54. The fraction of sp³-hybridized carbons (Fsp3) is 0.182. The van der Waals surface area contributed by atoms with Crippen molar-refractivity contribution < 1.29 is 4.21 Å². The summed E-state index contributed by atoms with van der Waals surface area (Å²) >= 11 is 11.7. The van der Waals surface area contributed by atoms with E-state index in [0.29, 0.717) is 16.7 Å². The predicted molar refractivity (Wildman–Crippen MR) is 77.3 cm³/mol. The lowest BCUT2D eigenvalue weighted by Gasteiger charge is -2.08. The van der Waals surface area contributed by atoms with Crippen molar-refractivity contribution in [2.75, 3.05) is 11.6 Å². The number of aromatic nitrogens is 3. The second-order valence-electron chi connectivity index (χ2n) is 3.73. The van der Waals surface area contributed by atoms with E-state index in [1.165, 1.54) is 6.33 Å². The molecule has 1 heterocycles. The highest BCUT2D eigenvalue weighted by Gasteiger charge is 2.06. The van der Waals surface area contributed by atoms with Crippen molar-refractivity contribution in [1.29, 1.82) is 0 Å². The van der Waals surface area contributed by atoms with Gasteiger partial charge < -0.3 is 5.32 Å². The van der Waals surface area contributed by atoms with Gasteiger partial charge in [-0.1, -0.05) is 11.6 Å². The van der Waals surface area contributed by atoms with E-state index in [9.17, 15) is 4.21 Å². The first-order valence-corrected chi connectivity index (χ1v) is 7.73. The molecule has 0 saturated heterocycles. The molecule has 0 bridgehead atoms. The fourth-order valence-electron chi connectivity index (χ4n) is 1.45. The highest BCUT2D eigenvalue weighted by atomic mass is 35.5. The Labute approximate surface area is 122 Å². The van der Waals surface area contributed by atoms with E-state index in [1.807, 2.05) is 0 Å². The maximum Gasteiger partial charge on any atom is 0.231 e. The molecule has 0 fully saturated rings. The van der Waals surface area contributed by atoms with E-state index in [-0.39, 0.29) is 5.28 Å². The molecule has 0 saturated carbocycles. The Morgan fingerprint density at radius 3 is 2.79 bits per heavy atom. The monoisotopic (exact) mass is 316 g/mol. The van der Waals surface area contributed by atoms with Gasteiger partial charge >= 0.3 is 0 Å². The third kappa shape index (κ3) is 4.12. The number of hydrogen-bond donors (Lipinski definition) is 1. The normalized spacial score (nSPS) is 12.2. The molecule has 0 aliphatic rings. The molecular weight excluding hydrogens is 307 g/mol. The number of rotatable bonds is 4. The van der Waals surface area contributed by atoms with Crippen LogP contribution in [0.4, 0.5) is 11.6 Å². The van der Waals surface area contributed by atoms with Crippen LogP contribution in [0.15, 0.2) is 24.5 Å². The van der Waals surface area contributed by atoms with Gasteiger partial charge in [-0.15, -0.1) is 0 Å². The smallest absolute Gasteiger partial charge is 0.231 e. The topological polar surface area (TPSA) is 67.8 Å².